The van der Waals surface area contributed by atoms with Crippen molar-refractivity contribution in [2.45, 2.75) is 12.8 Å². The van der Waals surface area contributed by atoms with E-state index in [0.29, 0.717) is 13.1 Å². The second kappa shape index (κ2) is 18.7. The third-order valence-electron chi connectivity index (χ3n) is 4.16. The number of benzene rings is 2. The molecule has 0 aliphatic heterocycles. The van der Waals surface area contributed by atoms with Crippen molar-refractivity contribution >= 4 is 19.7 Å². The van der Waals surface area contributed by atoms with Gasteiger partial charge < -0.3 is 38.1 Å². The zero-order valence-electron chi connectivity index (χ0n) is 19.2. The Kier molecular flexibility index (Phi) is 17.4. The van der Waals surface area contributed by atoms with Gasteiger partial charge in [0, 0.05) is 38.6 Å². The van der Waals surface area contributed by atoms with E-state index in [1.54, 1.807) is 0 Å². The van der Waals surface area contributed by atoms with Gasteiger partial charge in [0.25, 0.3) is 0 Å². The summed E-state index contributed by atoms with van der Waals surface area (Å²) in [5, 5.41) is 29.6. The summed E-state index contributed by atoms with van der Waals surface area (Å²) in [7, 11) is -6.00. The SMILES string of the molecule is F[B-](F)(F)F.[Mn+3].[O-]c1ccc(F)cc1C=NCCCNCCNCCCN=Cc1cc(F)ccc1[O-]. The molecule has 2 aromatic rings. The summed E-state index contributed by atoms with van der Waals surface area (Å²) in [6.07, 6.45) is 4.47. The molecule has 14 heteroatoms. The predicted molar refractivity (Wildman–Crippen MR) is 122 cm³/mol. The van der Waals surface area contributed by atoms with E-state index < -0.39 is 18.9 Å². The molecular formula is C22H26BF6MnN4O2. The Labute approximate surface area is 216 Å². The van der Waals surface area contributed by atoms with Crippen molar-refractivity contribution in [3.05, 3.63) is 59.2 Å². The van der Waals surface area contributed by atoms with Gasteiger partial charge in [-0.25, -0.2) is 8.78 Å². The minimum atomic E-state index is -6.00. The van der Waals surface area contributed by atoms with Gasteiger partial charge in [0.05, 0.1) is 0 Å². The van der Waals surface area contributed by atoms with E-state index in [1.165, 1.54) is 36.7 Å². The Morgan fingerprint density at radius 1 is 0.694 bits per heavy atom. The van der Waals surface area contributed by atoms with Crippen LogP contribution < -0.4 is 20.8 Å². The summed E-state index contributed by atoms with van der Waals surface area (Å²) in [5.74, 6) is -1.36. The predicted octanol–water partition coefficient (Wildman–Crippen LogP) is 2.91. The summed E-state index contributed by atoms with van der Waals surface area (Å²) >= 11 is 0. The molecule has 36 heavy (non-hydrogen) atoms. The topological polar surface area (TPSA) is 94.9 Å². The third kappa shape index (κ3) is 17.8. The summed E-state index contributed by atoms with van der Waals surface area (Å²) in [4.78, 5) is 8.30. The van der Waals surface area contributed by atoms with Crippen molar-refractivity contribution in [3.8, 4) is 11.5 Å². The summed E-state index contributed by atoms with van der Waals surface area (Å²) < 4.78 is 65.1. The number of hydrogen-bond donors (Lipinski definition) is 2. The summed E-state index contributed by atoms with van der Waals surface area (Å²) in [5.41, 5.74) is 0.529. The molecule has 2 aromatic carbocycles. The largest absolute Gasteiger partial charge is 3.00 e. The Balaban J connectivity index is 0.00000185. The molecule has 2 N–H and O–H groups in total. The maximum Gasteiger partial charge on any atom is 3.00 e. The first-order chi connectivity index (χ1) is 16.6. The van der Waals surface area contributed by atoms with Crippen LogP contribution in [0.15, 0.2) is 46.4 Å². The molecule has 0 saturated heterocycles. The van der Waals surface area contributed by atoms with Crippen molar-refractivity contribution in [2.75, 3.05) is 39.3 Å². The Bertz CT molecular complexity index is 876. The molecule has 0 bridgehead atoms. The zero-order valence-corrected chi connectivity index (χ0v) is 20.4. The summed E-state index contributed by atoms with van der Waals surface area (Å²) in [6, 6.07) is 7.05. The summed E-state index contributed by atoms with van der Waals surface area (Å²) in [6.45, 7) is 4.33. The van der Waals surface area contributed by atoms with Crippen LogP contribution in [0.25, 0.3) is 0 Å². The van der Waals surface area contributed by atoms with Crippen LogP contribution in [0.5, 0.6) is 11.5 Å². The van der Waals surface area contributed by atoms with Crippen LogP contribution >= 0.6 is 0 Å². The molecule has 0 atom stereocenters. The molecule has 0 saturated carbocycles. The molecule has 0 aromatic heterocycles. The van der Waals surface area contributed by atoms with Gasteiger partial charge in [-0.2, -0.15) is 0 Å². The van der Waals surface area contributed by atoms with E-state index in [9.17, 15) is 36.3 Å². The van der Waals surface area contributed by atoms with E-state index >= 15 is 0 Å². The first kappa shape index (κ1) is 33.5. The van der Waals surface area contributed by atoms with E-state index in [2.05, 4.69) is 20.6 Å². The Morgan fingerprint density at radius 3 is 1.42 bits per heavy atom. The van der Waals surface area contributed by atoms with E-state index in [0.717, 1.165) is 51.2 Å². The van der Waals surface area contributed by atoms with E-state index in [4.69, 9.17) is 0 Å². The van der Waals surface area contributed by atoms with E-state index in [-0.39, 0.29) is 39.7 Å². The fourth-order valence-corrected chi connectivity index (χ4v) is 2.58. The van der Waals surface area contributed by atoms with Crippen LogP contribution in [-0.4, -0.2) is 59.0 Å². The Hall–Kier alpha value is -2.54. The van der Waals surface area contributed by atoms with Gasteiger partial charge >= 0.3 is 24.3 Å². The fourth-order valence-electron chi connectivity index (χ4n) is 2.58. The second-order valence-electron chi connectivity index (χ2n) is 7.14. The number of nitrogens with zero attached hydrogens (tertiary/aromatic N) is 2. The maximum absolute atomic E-state index is 13.1. The quantitative estimate of drug-likeness (QED) is 0.171. The van der Waals surface area contributed by atoms with Gasteiger partial charge in [-0.3, -0.25) is 9.98 Å². The Morgan fingerprint density at radius 2 is 1.06 bits per heavy atom. The van der Waals surface area contributed by atoms with E-state index in [1.807, 2.05) is 0 Å². The molecule has 0 unspecified atom stereocenters. The standard InChI is InChI=1S/C22H28F2N4O2.BF4.Mn/c23-19-3-5-21(29)17(13-19)15-27-9-1-7-25-11-12-26-8-2-10-28-16-18-14-20(24)4-6-22(18)30;2-1(3,4)5;/h3-6,13-16,25-26,29-30H,1-2,7-12H2;;/q;-1;+3/p-2. The van der Waals surface area contributed by atoms with Gasteiger partial charge in [-0.05, 0) is 61.3 Å². The van der Waals surface area contributed by atoms with Crippen LogP contribution in [0.3, 0.4) is 0 Å². The van der Waals surface area contributed by atoms with Gasteiger partial charge in [0.15, 0.2) is 0 Å². The average molecular weight is 558 g/mol. The van der Waals surface area contributed by atoms with Crippen molar-refractivity contribution in [2.24, 2.45) is 9.98 Å². The first-order valence-electron chi connectivity index (χ1n) is 10.8. The van der Waals surface area contributed by atoms with Gasteiger partial charge in [-0.1, -0.05) is 23.6 Å². The molecular weight excluding hydrogens is 532 g/mol. The van der Waals surface area contributed by atoms with Crippen LogP contribution in [-0.2, 0) is 17.1 Å². The third-order valence-corrected chi connectivity index (χ3v) is 4.16. The molecule has 198 valence electrons. The average Bonchev–Trinajstić information content (AvgIpc) is 2.77. The van der Waals surface area contributed by atoms with Gasteiger partial charge in [0.1, 0.15) is 11.6 Å². The van der Waals surface area contributed by atoms with Crippen molar-refractivity contribution in [3.63, 3.8) is 0 Å². The van der Waals surface area contributed by atoms with Crippen LogP contribution in [0.4, 0.5) is 26.0 Å². The van der Waals surface area contributed by atoms with Gasteiger partial charge in [0.2, 0.25) is 0 Å². The number of halogens is 6. The number of aliphatic imine (C=N–C) groups is 2. The normalized spacial score (nSPS) is 11.4. The minimum absolute atomic E-state index is 0. The molecule has 0 aliphatic rings. The number of rotatable bonds is 13. The smallest absolute Gasteiger partial charge is 0.872 e. The molecule has 0 aliphatic carbocycles. The first-order valence-corrected chi connectivity index (χ1v) is 10.8. The molecule has 6 nitrogen and oxygen atoms in total. The van der Waals surface area contributed by atoms with Gasteiger partial charge in [-0.15, -0.1) is 0 Å². The molecule has 0 fully saturated rings. The van der Waals surface area contributed by atoms with Crippen LogP contribution in [0.2, 0.25) is 0 Å². The zero-order chi connectivity index (χ0) is 26.1. The molecule has 0 heterocycles. The van der Waals surface area contributed by atoms with Crippen LogP contribution in [0.1, 0.15) is 24.0 Å². The molecule has 0 amide bonds. The number of nitrogens with one attached hydrogen (secondary N) is 2. The second-order valence-corrected chi connectivity index (χ2v) is 7.14. The van der Waals surface area contributed by atoms with Crippen LogP contribution in [0, 0.1) is 11.6 Å². The monoisotopic (exact) mass is 558 g/mol. The van der Waals surface area contributed by atoms with Crippen molar-refractivity contribution < 1.29 is 53.3 Å². The number of hydrogen-bond acceptors (Lipinski definition) is 6. The van der Waals surface area contributed by atoms with Crippen molar-refractivity contribution in [1.29, 1.82) is 0 Å². The minimum Gasteiger partial charge on any atom is -0.872 e. The van der Waals surface area contributed by atoms with Crippen molar-refractivity contribution in [1.82, 2.24) is 10.6 Å². The molecule has 0 spiro atoms. The molecule has 2 rings (SSSR count). The maximum atomic E-state index is 13.1. The fraction of sp³-hybridized carbons (Fsp3) is 0.364. The molecule has 0 radical (unpaired) electrons.